The number of rotatable bonds is 7. The molecule has 186 valence electrons. The smallest absolute Gasteiger partial charge is 0.378 e. The number of amides is 1. The monoisotopic (exact) mass is 489 g/mol. The second-order valence-electron chi connectivity index (χ2n) is 8.62. The SMILES string of the molecule is O=C1CCCN1CCn1cnc2c(NCc3cccc(C(F)(F)F)c3)nc(N3CCOCC3)nc21. The van der Waals surface area contributed by atoms with Gasteiger partial charge in [0.15, 0.2) is 17.0 Å². The van der Waals surface area contributed by atoms with Gasteiger partial charge in [-0.15, -0.1) is 0 Å². The molecule has 2 fully saturated rings. The van der Waals surface area contributed by atoms with E-state index in [9.17, 15) is 18.0 Å². The first kappa shape index (κ1) is 23.3. The molecule has 1 N–H and O–H groups in total. The third-order valence-corrected chi connectivity index (χ3v) is 6.24. The highest BCUT2D eigenvalue weighted by Gasteiger charge is 2.30. The summed E-state index contributed by atoms with van der Waals surface area (Å²) in [6.45, 7) is 4.39. The van der Waals surface area contributed by atoms with Crippen LogP contribution in [0.5, 0.6) is 0 Å². The van der Waals surface area contributed by atoms with Gasteiger partial charge in [-0.3, -0.25) is 4.79 Å². The number of likely N-dealkylation sites (tertiary alicyclic amines) is 1. The molecule has 0 unspecified atom stereocenters. The van der Waals surface area contributed by atoms with Crippen molar-refractivity contribution in [1.82, 2.24) is 24.4 Å². The van der Waals surface area contributed by atoms with Gasteiger partial charge in [0, 0.05) is 45.7 Å². The maximum absolute atomic E-state index is 13.1. The van der Waals surface area contributed by atoms with Gasteiger partial charge >= 0.3 is 6.18 Å². The molecular weight excluding hydrogens is 463 g/mol. The van der Waals surface area contributed by atoms with E-state index in [0.29, 0.717) is 74.3 Å². The largest absolute Gasteiger partial charge is 0.416 e. The molecule has 1 amide bonds. The van der Waals surface area contributed by atoms with E-state index in [1.807, 2.05) is 14.4 Å². The first-order chi connectivity index (χ1) is 16.9. The molecule has 0 atom stereocenters. The molecule has 12 heteroatoms. The zero-order chi connectivity index (χ0) is 24.4. The number of ether oxygens (including phenoxy) is 1. The van der Waals surface area contributed by atoms with E-state index >= 15 is 0 Å². The number of hydrogen-bond donors (Lipinski definition) is 1. The summed E-state index contributed by atoms with van der Waals surface area (Å²) >= 11 is 0. The van der Waals surface area contributed by atoms with Crippen LogP contribution in [0.1, 0.15) is 24.0 Å². The van der Waals surface area contributed by atoms with Crippen LogP contribution in [0.15, 0.2) is 30.6 Å². The summed E-state index contributed by atoms with van der Waals surface area (Å²) in [5.74, 6) is 1.11. The number of imidazole rings is 1. The van der Waals surface area contributed by atoms with Gasteiger partial charge in [-0.25, -0.2) is 4.98 Å². The second kappa shape index (κ2) is 9.68. The Kier molecular flexibility index (Phi) is 6.46. The topological polar surface area (TPSA) is 88.4 Å². The van der Waals surface area contributed by atoms with Gasteiger partial charge < -0.3 is 24.4 Å². The lowest BCUT2D eigenvalue weighted by molar-refractivity contribution is -0.137. The number of carbonyl (C=O) groups excluding carboxylic acids is 1. The van der Waals surface area contributed by atoms with Crippen LogP contribution in [0.25, 0.3) is 11.2 Å². The molecule has 2 aliphatic heterocycles. The van der Waals surface area contributed by atoms with E-state index in [1.165, 1.54) is 6.07 Å². The quantitative estimate of drug-likeness (QED) is 0.546. The van der Waals surface area contributed by atoms with Crippen molar-refractivity contribution in [3.63, 3.8) is 0 Å². The lowest BCUT2D eigenvalue weighted by atomic mass is 10.1. The van der Waals surface area contributed by atoms with Crippen molar-refractivity contribution in [1.29, 1.82) is 0 Å². The van der Waals surface area contributed by atoms with Crippen molar-refractivity contribution < 1.29 is 22.7 Å². The molecule has 2 aromatic heterocycles. The number of nitrogens with one attached hydrogen (secondary N) is 1. The molecule has 2 saturated heterocycles. The number of aromatic nitrogens is 4. The second-order valence-corrected chi connectivity index (χ2v) is 8.62. The number of anilines is 2. The van der Waals surface area contributed by atoms with Crippen LogP contribution < -0.4 is 10.2 Å². The number of fused-ring (bicyclic) bond motifs is 1. The molecule has 2 aliphatic rings. The van der Waals surface area contributed by atoms with Crippen LogP contribution in [0.2, 0.25) is 0 Å². The number of hydrogen-bond acceptors (Lipinski definition) is 7. The Balaban J connectivity index is 1.42. The van der Waals surface area contributed by atoms with E-state index in [2.05, 4.69) is 15.3 Å². The Morgan fingerprint density at radius 3 is 2.66 bits per heavy atom. The van der Waals surface area contributed by atoms with Crippen molar-refractivity contribution >= 4 is 28.8 Å². The van der Waals surface area contributed by atoms with Crippen molar-refractivity contribution in [2.45, 2.75) is 32.1 Å². The zero-order valence-electron chi connectivity index (χ0n) is 19.1. The maximum Gasteiger partial charge on any atom is 0.416 e. The van der Waals surface area contributed by atoms with Crippen molar-refractivity contribution in [2.75, 3.05) is 49.6 Å². The van der Waals surface area contributed by atoms with E-state index in [4.69, 9.17) is 9.72 Å². The van der Waals surface area contributed by atoms with Crippen LogP contribution in [-0.2, 0) is 28.8 Å². The first-order valence-electron chi connectivity index (χ1n) is 11.6. The van der Waals surface area contributed by atoms with E-state index in [0.717, 1.165) is 25.1 Å². The number of carbonyl (C=O) groups is 1. The predicted octanol–water partition coefficient (Wildman–Crippen LogP) is 2.92. The van der Waals surface area contributed by atoms with Crippen molar-refractivity contribution in [2.24, 2.45) is 0 Å². The molecule has 0 radical (unpaired) electrons. The summed E-state index contributed by atoms with van der Waals surface area (Å²) in [5, 5.41) is 3.16. The van der Waals surface area contributed by atoms with Gasteiger partial charge in [-0.2, -0.15) is 23.1 Å². The van der Waals surface area contributed by atoms with Crippen LogP contribution in [0.3, 0.4) is 0 Å². The third-order valence-electron chi connectivity index (χ3n) is 6.24. The molecular formula is C23H26F3N7O2. The fourth-order valence-corrected chi connectivity index (χ4v) is 4.34. The number of nitrogens with zero attached hydrogens (tertiary/aromatic N) is 6. The summed E-state index contributed by atoms with van der Waals surface area (Å²) in [7, 11) is 0. The average Bonchev–Trinajstić information content (AvgIpc) is 3.47. The highest BCUT2D eigenvalue weighted by molar-refractivity contribution is 5.84. The Labute approximate surface area is 199 Å². The van der Waals surface area contributed by atoms with Crippen LogP contribution >= 0.6 is 0 Å². The Morgan fingerprint density at radius 1 is 1.09 bits per heavy atom. The Hall–Kier alpha value is -3.41. The maximum atomic E-state index is 13.1. The summed E-state index contributed by atoms with van der Waals surface area (Å²) in [5.41, 5.74) is 0.923. The molecule has 9 nitrogen and oxygen atoms in total. The molecule has 1 aromatic carbocycles. The van der Waals surface area contributed by atoms with Gasteiger partial charge in [0.1, 0.15) is 0 Å². The summed E-state index contributed by atoms with van der Waals surface area (Å²) in [6, 6.07) is 5.20. The predicted molar refractivity (Wildman–Crippen MR) is 123 cm³/mol. The average molecular weight is 490 g/mol. The highest BCUT2D eigenvalue weighted by atomic mass is 19.4. The minimum Gasteiger partial charge on any atom is -0.378 e. The lowest BCUT2D eigenvalue weighted by Gasteiger charge is -2.27. The van der Waals surface area contributed by atoms with Crippen LogP contribution in [0, 0.1) is 0 Å². The van der Waals surface area contributed by atoms with Gasteiger partial charge in [0.05, 0.1) is 25.1 Å². The van der Waals surface area contributed by atoms with E-state index in [-0.39, 0.29) is 12.5 Å². The van der Waals surface area contributed by atoms with Gasteiger partial charge in [0.25, 0.3) is 0 Å². The molecule has 0 spiro atoms. The van der Waals surface area contributed by atoms with E-state index in [1.54, 1.807) is 12.4 Å². The lowest BCUT2D eigenvalue weighted by Crippen LogP contribution is -2.37. The number of alkyl halides is 3. The Morgan fingerprint density at radius 2 is 1.91 bits per heavy atom. The standard InChI is InChI=1S/C23H26F3N7O2/c24-23(25,26)17-4-1-3-16(13-17)14-27-20-19-21(30-22(29-20)32-9-11-35-12-10-32)33(15-28-19)8-7-31-6-2-5-18(31)34/h1,3-4,13,15H,2,5-12,14H2,(H,27,29,30). The number of halogens is 3. The van der Waals surface area contributed by atoms with Crippen molar-refractivity contribution in [3.8, 4) is 0 Å². The molecule has 4 heterocycles. The molecule has 35 heavy (non-hydrogen) atoms. The van der Waals surface area contributed by atoms with Crippen molar-refractivity contribution in [3.05, 3.63) is 41.7 Å². The minimum atomic E-state index is -4.41. The summed E-state index contributed by atoms with van der Waals surface area (Å²) in [4.78, 5) is 29.7. The normalized spacial score (nSPS) is 16.9. The zero-order valence-corrected chi connectivity index (χ0v) is 19.1. The number of morpholine rings is 1. The molecule has 0 saturated carbocycles. The highest BCUT2D eigenvalue weighted by Crippen LogP contribution is 2.30. The summed E-state index contributed by atoms with van der Waals surface area (Å²) in [6.07, 6.45) is -1.29. The molecule has 0 aliphatic carbocycles. The first-order valence-corrected chi connectivity index (χ1v) is 11.6. The third kappa shape index (κ3) is 5.16. The molecule has 5 rings (SSSR count). The fraction of sp³-hybridized carbons (Fsp3) is 0.478. The fourth-order valence-electron chi connectivity index (χ4n) is 4.34. The van der Waals surface area contributed by atoms with Gasteiger partial charge in [0.2, 0.25) is 11.9 Å². The van der Waals surface area contributed by atoms with Gasteiger partial charge in [-0.1, -0.05) is 12.1 Å². The summed E-state index contributed by atoms with van der Waals surface area (Å²) < 4.78 is 46.7. The Bertz CT molecular complexity index is 1210. The van der Waals surface area contributed by atoms with Gasteiger partial charge in [-0.05, 0) is 24.1 Å². The van der Waals surface area contributed by atoms with Crippen LogP contribution in [-0.4, -0.2) is 69.7 Å². The van der Waals surface area contributed by atoms with Crippen LogP contribution in [0.4, 0.5) is 24.9 Å². The minimum absolute atomic E-state index is 0.147. The number of benzene rings is 1. The van der Waals surface area contributed by atoms with E-state index < -0.39 is 11.7 Å². The molecule has 0 bridgehead atoms. The molecule has 3 aromatic rings.